The van der Waals surface area contributed by atoms with Crippen LogP contribution in [0.4, 0.5) is 5.69 Å². The summed E-state index contributed by atoms with van der Waals surface area (Å²) in [5.74, 6) is -0.593. The molecule has 0 aliphatic rings. The molecule has 1 amide bonds. The van der Waals surface area contributed by atoms with Crippen molar-refractivity contribution in [3.63, 3.8) is 0 Å². The van der Waals surface area contributed by atoms with Crippen LogP contribution in [0.5, 0.6) is 0 Å². The van der Waals surface area contributed by atoms with Crippen LogP contribution in [0.1, 0.15) is 36.7 Å². The SMILES string of the molecule is CC(C)(C)OC(=O)CN(Sc1cc(Cl)cc(Cl)c1)c1cccc2c(C(=O)NCc3cccnc3)cccc12. The molecule has 1 aromatic heterocycles. The summed E-state index contributed by atoms with van der Waals surface area (Å²) < 4.78 is 7.44. The van der Waals surface area contributed by atoms with E-state index in [1.807, 2.05) is 67.5 Å². The molecule has 0 fully saturated rings. The third kappa shape index (κ3) is 7.40. The van der Waals surface area contributed by atoms with E-state index in [1.165, 1.54) is 11.9 Å². The lowest BCUT2D eigenvalue weighted by Gasteiger charge is -2.27. The van der Waals surface area contributed by atoms with Crippen LogP contribution >= 0.6 is 35.1 Å². The summed E-state index contributed by atoms with van der Waals surface area (Å²) in [4.78, 5) is 30.9. The van der Waals surface area contributed by atoms with Crippen molar-refractivity contribution in [1.29, 1.82) is 0 Å². The van der Waals surface area contributed by atoms with Gasteiger partial charge in [0.15, 0.2) is 0 Å². The number of carbonyl (C=O) groups excluding carboxylic acids is 2. The van der Waals surface area contributed by atoms with E-state index in [9.17, 15) is 9.59 Å². The molecule has 3 aromatic carbocycles. The van der Waals surface area contributed by atoms with Gasteiger partial charge in [-0.2, -0.15) is 0 Å². The maximum atomic E-state index is 13.2. The van der Waals surface area contributed by atoms with E-state index in [0.717, 1.165) is 26.9 Å². The Morgan fingerprint density at radius 2 is 1.68 bits per heavy atom. The Hall–Kier alpha value is -3.26. The van der Waals surface area contributed by atoms with E-state index in [1.54, 1.807) is 36.7 Å². The molecule has 196 valence electrons. The summed E-state index contributed by atoms with van der Waals surface area (Å²) in [5.41, 5.74) is 1.55. The number of nitrogens with one attached hydrogen (secondary N) is 1. The number of esters is 1. The Morgan fingerprint density at radius 3 is 2.37 bits per heavy atom. The molecule has 0 aliphatic carbocycles. The number of anilines is 1. The molecule has 0 bridgehead atoms. The van der Waals surface area contributed by atoms with Gasteiger partial charge in [-0.3, -0.25) is 14.6 Å². The van der Waals surface area contributed by atoms with Crippen molar-refractivity contribution in [3.8, 4) is 0 Å². The number of nitrogens with zero attached hydrogens (tertiary/aromatic N) is 2. The van der Waals surface area contributed by atoms with Crippen LogP contribution in [0.15, 0.2) is 84.0 Å². The monoisotopic (exact) mass is 567 g/mol. The zero-order valence-corrected chi connectivity index (χ0v) is 23.5. The van der Waals surface area contributed by atoms with Gasteiger partial charge in [0.25, 0.3) is 5.91 Å². The first-order chi connectivity index (χ1) is 18.1. The Kier molecular flexibility index (Phi) is 8.82. The normalized spacial score (nSPS) is 11.3. The van der Waals surface area contributed by atoms with Crippen LogP contribution in [-0.4, -0.2) is 29.0 Å². The molecule has 0 atom stereocenters. The van der Waals surface area contributed by atoms with Gasteiger partial charge >= 0.3 is 5.97 Å². The van der Waals surface area contributed by atoms with Gasteiger partial charge < -0.3 is 14.4 Å². The average molecular weight is 569 g/mol. The Bertz CT molecular complexity index is 1440. The van der Waals surface area contributed by atoms with Crippen molar-refractivity contribution in [3.05, 3.63) is 100 Å². The van der Waals surface area contributed by atoms with Gasteiger partial charge in [-0.1, -0.05) is 53.5 Å². The highest BCUT2D eigenvalue weighted by molar-refractivity contribution is 8.00. The van der Waals surface area contributed by atoms with E-state index in [4.69, 9.17) is 27.9 Å². The fraction of sp³-hybridized carbons (Fsp3) is 0.207. The lowest BCUT2D eigenvalue weighted by Crippen LogP contribution is -2.31. The Morgan fingerprint density at radius 1 is 0.974 bits per heavy atom. The van der Waals surface area contributed by atoms with E-state index >= 15 is 0 Å². The first-order valence-corrected chi connectivity index (χ1v) is 13.4. The molecular weight excluding hydrogens is 541 g/mol. The fourth-order valence-corrected chi connectivity index (χ4v) is 5.55. The third-order valence-corrected chi connectivity index (χ3v) is 6.76. The van der Waals surface area contributed by atoms with Crippen molar-refractivity contribution in [2.45, 2.75) is 37.8 Å². The second-order valence-corrected chi connectivity index (χ2v) is 11.5. The first kappa shape index (κ1) is 27.8. The number of amides is 1. The summed E-state index contributed by atoms with van der Waals surface area (Å²) in [7, 11) is 0. The number of carbonyl (C=O) groups is 2. The molecule has 1 heterocycles. The molecule has 1 N–H and O–H groups in total. The highest BCUT2D eigenvalue weighted by Gasteiger charge is 2.22. The number of aromatic nitrogens is 1. The van der Waals surface area contributed by atoms with Gasteiger partial charge in [0.2, 0.25) is 0 Å². The first-order valence-electron chi connectivity index (χ1n) is 11.9. The maximum absolute atomic E-state index is 13.2. The van der Waals surface area contributed by atoms with Crippen molar-refractivity contribution in [2.75, 3.05) is 10.8 Å². The number of halogens is 2. The Labute approximate surface area is 236 Å². The van der Waals surface area contributed by atoms with Crippen molar-refractivity contribution in [1.82, 2.24) is 10.3 Å². The minimum Gasteiger partial charge on any atom is -0.459 e. The number of hydrogen-bond donors (Lipinski definition) is 1. The molecule has 0 unspecified atom stereocenters. The highest BCUT2D eigenvalue weighted by atomic mass is 35.5. The number of fused-ring (bicyclic) bond motifs is 1. The van der Waals surface area contributed by atoms with Gasteiger partial charge in [-0.15, -0.1) is 0 Å². The fourth-order valence-electron chi connectivity index (χ4n) is 3.86. The summed E-state index contributed by atoms with van der Waals surface area (Å²) in [6, 6.07) is 20.2. The minimum absolute atomic E-state index is 0.0391. The van der Waals surface area contributed by atoms with Crippen LogP contribution in [-0.2, 0) is 16.1 Å². The smallest absolute Gasteiger partial charge is 0.327 e. The van der Waals surface area contributed by atoms with Gasteiger partial charge in [0.1, 0.15) is 12.1 Å². The molecule has 0 aliphatic heterocycles. The minimum atomic E-state index is -0.634. The molecule has 9 heteroatoms. The molecule has 6 nitrogen and oxygen atoms in total. The summed E-state index contributed by atoms with van der Waals surface area (Å²) >= 11 is 13.8. The zero-order valence-electron chi connectivity index (χ0n) is 21.2. The molecule has 4 rings (SSSR count). The van der Waals surface area contributed by atoms with E-state index in [0.29, 0.717) is 22.2 Å². The van der Waals surface area contributed by atoms with Crippen LogP contribution < -0.4 is 9.62 Å². The van der Waals surface area contributed by atoms with Crippen LogP contribution in [0.25, 0.3) is 10.8 Å². The van der Waals surface area contributed by atoms with Crippen LogP contribution in [0.2, 0.25) is 10.0 Å². The zero-order chi connectivity index (χ0) is 27.3. The predicted octanol–water partition coefficient (Wildman–Crippen LogP) is 7.33. The van der Waals surface area contributed by atoms with E-state index < -0.39 is 5.60 Å². The van der Waals surface area contributed by atoms with Gasteiger partial charge in [-0.05, 0) is 80.1 Å². The molecule has 4 aromatic rings. The average Bonchev–Trinajstić information content (AvgIpc) is 2.85. The summed E-state index contributed by atoms with van der Waals surface area (Å²) in [5, 5.41) is 5.51. The molecule has 0 saturated heterocycles. The maximum Gasteiger partial charge on any atom is 0.327 e. The second kappa shape index (κ2) is 12.1. The van der Waals surface area contributed by atoms with Crippen LogP contribution in [0, 0.1) is 0 Å². The summed E-state index contributed by atoms with van der Waals surface area (Å²) in [6.45, 7) is 5.80. The molecule has 0 spiro atoms. The highest BCUT2D eigenvalue weighted by Crippen LogP contribution is 2.37. The topological polar surface area (TPSA) is 71.5 Å². The van der Waals surface area contributed by atoms with Gasteiger partial charge in [-0.25, -0.2) is 0 Å². The van der Waals surface area contributed by atoms with E-state index in [-0.39, 0.29) is 18.4 Å². The van der Waals surface area contributed by atoms with Gasteiger partial charge in [0.05, 0.1) is 5.69 Å². The lowest BCUT2D eigenvalue weighted by molar-refractivity contribution is -0.152. The van der Waals surface area contributed by atoms with Gasteiger partial charge in [0, 0.05) is 44.8 Å². The number of hydrogen-bond acceptors (Lipinski definition) is 6. The predicted molar refractivity (Wildman–Crippen MR) is 155 cm³/mol. The second-order valence-electron chi connectivity index (χ2n) is 9.54. The van der Waals surface area contributed by atoms with Crippen molar-refractivity contribution in [2.24, 2.45) is 0 Å². The Balaban J connectivity index is 1.69. The lowest BCUT2D eigenvalue weighted by atomic mass is 10.0. The number of benzene rings is 3. The quantitative estimate of drug-likeness (QED) is 0.177. The molecule has 0 radical (unpaired) electrons. The molecule has 38 heavy (non-hydrogen) atoms. The van der Waals surface area contributed by atoms with Crippen molar-refractivity contribution < 1.29 is 14.3 Å². The standard InChI is InChI=1S/C29H27Cl2N3O3S/c1-29(2,3)37-27(35)18-34(38-22-14-20(30)13-21(31)15-22)26-11-5-8-23-24(26)9-4-10-25(23)28(36)33-17-19-7-6-12-32-16-19/h4-16H,17-18H2,1-3H3,(H,33,36). The van der Waals surface area contributed by atoms with Crippen LogP contribution in [0.3, 0.4) is 0 Å². The van der Waals surface area contributed by atoms with Crippen molar-refractivity contribution >= 4 is 63.5 Å². The molecular formula is C29H27Cl2N3O3S. The largest absolute Gasteiger partial charge is 0.459 e. The number of ether oxygens (including phenoxy) is 1. The number of rotatable bonds is 8. The third-order valence-electron chi connectivity index (χ3n) is 5.33. The van der Waals surface area contributed by atoms with E-state index in [2.05, 4.69) is 10.3 Å². The number of pyridine rings is 1. The summed E-state index contributed by atoms with van der Waals surface area (Å²) in [6.07, 6.45) is 3.41. The molecule has 0 saturated carbocycles.